The third-order valence-electron chi connectivity index (χ3n) is 3.96. The van der Waals surface area contributed by atoms with Crippen molar-refractivity contribution in [1.82, 2.24) is 5.32 Å². The number of carbonyl (C=O) groups is 1. The van der Waals surface area contributed by atoms with Gasteiger partial charge in [0.2, 0.25) is 0 Å². The maximum Gasteiger partial charge on any atom is 0.407 e. The van der Waals surface area contributed by atoms with Crippen molar-refractivity contribution in [2.24, 2.45) is 0 Å². The van der Waals surface area contributed by atoms with Crippen LogP contribution in [0.15, 0.2) is 66.7 Å². The first-order chi connectivity index (χ1) is 12.7. The smallest absolute Gasteiger partial charge is 0.407 e. The summed E-state index contributed by atoms with van der Waals surface area (Å²) in [6.45, 7) is 2.83. The highest BCUT2D eigenvalue weighted by atomic mass is 16.5. The van der Waals surface area contributed by atoms with E-state index in [0.717, 1.165) is 11.1 Å². The fourth-order valence-corrected chi connectivity index (χ4v) is 2.61. The summed E-state index contributed by atoms with van der Waals surface area (Å²) >= 11 is 0. The van der Waals surface area contributed by atoms with Gasteiger partial charge in [-0.25, -0.2) is 4.79 Å². The molecule has 0 heterocycles. The highest BCUT2D eigenvalue weighted by molar-refractivity contribution is 5.84. The zero-order valence-electron chi connectivity index (χ0n) is 14.8. The monoisotopic (exact) mass is 343 g/mol. The molecule has 0 saturated carbocycles. The van der Waals surface area contributed by atoms with E-state index < -0.39 is 6.09 Å². The van der Waals surface area contributed by atoms with Gasteiger partial charge in [-0.3, -0.25) is 0 Å². The predicted octanol–water partition coefficient (Wildman–Crippen LogP) is 4.82. The van der Waals surface area contributed by atoms with Crippen LogP contribution in [-0.2, 0) is 11.3 Å². The fraction of sp³-hybridized carbons (Fsp3) is 0.174. The number of rotatable bonds is 4. The Morgan fingerprint density at radius 3 is 2.62 bits per heavy atom. The van der Waals surface area contributed by atoms with Crippen molar-refractivity contribution in [3.05, 3.63) is 83.4 Å². The molecule has 0 aliphatic carbocycles. The van der Waals surface area contributed by atoms with Crippen molar-refractivity contribution < 1.29 is 9.53 Å². The van der Waals surface area contributed by atoms with Crippen LogP contribution in [0.1, 0.15) is 23.1 Å². The maximum atomic E-state index is 11.6. The van der Waals surface area contributed by atoms with E-state index in [1.54, 1.807) is 0 Å². The molecule has 0 saturated heterocycles. The number of nitrogens with one attached hydrogen (secondary N) is 1. The molecule has 3 heteroatoms. The molecule has 26 heavy (non-hydrogen) atoms. The minimum Gasteiger partial charge on any atom is -0.445 e. The van der Waals surface area contributed by atoms with Crippen molar-refractivity contribution in [2.75, 3.05) is 6.54 Å². The fourth-order valence-electron chi connectivity index (χ4n) is 2.61. The van der Waals surface area contributed by atoms with Crippen LogP contribution in [0.4, 0.5) is 4.79 Å². The van der Waals surface area contributed by atoms with Gasteiger partial charge in [-0.05, 0) is 35.4 Å². The number of alkyl carbamates (subject to hydrolysis) is 1. The Morgan fingerprint density at radius 2 is 1.77 bits per heavy atom. The van der Waals surface area contributed by atoms with Crippen LogP contribution in [-0.4, -0.2) is 12.6 Å². The molecule has 0 bridgehead atoms. The Bertz CT molecular complexity index is 952. The maximum absolute atomic E-state index is 11.6. The van der Waals surface area contributed by atoms with E-state index in [2.05, 4.69) is 54.4 Å². The highest BCUT2D eigenvalue weighted by Gasteiger charge is 2.00. The van der Waals surface area contributed by atoms with Crippen LogP contribution in [0.3, 0.4) is 0 Å². The molecule has 0 aliphatic heterocycles. The molecule has 0 spiro atoms. The lowest BCUT2D eigenvalue weighted by Crippen LogP contribution is -2.24. The van der Waals surface area contributed by atoms with Crippen molar-refractivity contribution >= 4 is 16.9 Å². The second kappa shape index (κ2) is 8.73. The standard InChI is InChI=1S/C23H21NO2/c1-18-10-12-22-16-19(11-13-21(22)15-18)7-5-6-14-24-23(25)26-17-20-8-3-2-4-9-20/h2-4,8-13,15-16H,6,14,17H2,1H3,(H,24,25). The lowest BCUT2D eigenvalue weighted by molar-refractivity contribution is 0.140. The van der Waals surface area contributed by atoms with Crippen LogP contribution >= 0.6 is 0 Å². The van der Waals surface area contributed by atoms with Gasteiger partial charge in [0.25, 0.3) is 0 Å². The van der Waals surface area contributed by atoms with Crippen LogP contribution in [0.2, 0.25) is 0 Å². The van der Waals surface area contributed by atoms with Gasteiger partial charge in [-0.15, -0.1) is 0 Å². The number of ether oxygens (including phenoxy) is 1. The second-order valence-corrected chi connectivity index (χ2v) is 6.11. The van der Waals surface area contributed by atoms with Gasteiger partial charge in [0.1, 0.15) is 6.61 Å². The molecule has 0 aliphatic rings. The molecule has 1 amide bonds. The van der Waals surface area contributed by atoms with E-state index in [4.69, 9.17) is 4.74 Å². The Kier molecular flexibility index (Phi) is 5.90. The predicted molar refractivity (Wildman–Crippen MR) is 105 cm³/mol. The normalized spacial score (nSPS) is 10.0. The van der Waals surface area contributed by atoms with Crippen molar-refractivity contribution in [2.45, 2.75) is 20.0 Å². The number of aryl methyl sites for hydroxylation is 1. The minimum absolute atomic E-state index is 0.273. The Labute approximate surface area is 154 Å². The molecule has 3 aromatic rings. The molecule has 130 valence electrons. The van der Waals surface area contributed by atoms with Crippen molar-refractivity contribution in [1.29, 1.82) is 0 Å². The average molecular weight is 343 g/mol. The summed E-state index contributed by atoms with van der Waals surface area (Å²) in [5, 5.41) is 5.12. The van der Waals surface area contributed by atoms with E-state index in [1.165, 1.54) is 16.3 Å². The molecular weight excluding hydrogens is 322 g/mol. The molecular formula is C23H21NO2. The molecule has 1 N–H and O–H groups in total. The topological polar surface area (TPSA) is 38.3 Å². The Balaban J connectivity index is 1.44. The number of amides is 1. The minimum atomic E-state index is -0.420. The Morgan fingerprint density at radius 1 is 1.00 bits per heavy atom. The van der Waals surface area contributed by atoms with E-state index >= 15 is 0 Å². The number of carbonyl (C=O) groups excluding carboxylic acids is 1. The summed E-state index contributed by atoms with van der Waals surface area (Å²) in [4.78, 5) is 11.6. The summed E-state index contributed by atoms with van der Waals surface area (Å²) < 4.78 is 5.15. The second-order valence-electron chi connectivity index (χ2n) is 6.11. The first-order valence-electron chi connectivity index (χ1n) is 8.64. The zero-order valence-corrected chi connectivity index (χ0v) is 14.8. The van der Waals surface area contributed by atoms with Gasteiger partial charge < -0.3 is 10.1 Å². The largest absolute Gasteiger partial charge is 0.445 e. The van der Waals surface area contributed by atoms with E-state index in [1.807, 2.05) is 36.4 Å². The third-order valence-corrected chi connectivity index (χ3v) is 3.96. The number of hydrogen-bond acceptors (Lipinski definition) is 2. The number of benzene rings is 3. The molecule has 3 nitrogen and oxygen atoms in total. The van der Waals surface area contributed by atoms with Crippen LogP contribution < -0.4 is 5.32 Å². The summed E-state index contributed by atoms with van der Waals surface area (Å²) in [5.74, 6) is 6.23. The van der Waals surface area contributed by atoms with Crippen LogP contribution in [0.25, 0.3) is 10.8 Å². The van der Waals surface area contributed by atoms with Gasteiger partial charge in [0.05, 0.1) is 0 Å². The highest BCUT2D eigenvalue weighted by Crippen LogP contribution is 2.17. The molecule has 0 atom stereocenters. The van der Waals surface area contributed by atoms with E-state index in [0.29, 0.717) is 13.0 Å². The zero-order chi connectivity index (χ0) is 18.2. The van der Waals surface area contributed by atoms with E-state index in [9.17, 15) is 4.79 Å². The molecule has 0 aromatic heterocycles. The van der Waals surface area contributed by atoms with Crippen LogP contribution in [0, 0.1) is 18.8 Å². The summed E-state index contributed by atoms with van der Waals surface area (Å²) in [6, 6.07) is 22.2. The Hall–Kier alpha value is -3.25. The molecule has 0 fully saturated rings. The van der Waals surface area contributed by atoms with E-state index in [-0.39, 0.29) is 6.61 Å². The quantitative estimate of drug-likeness (QED) is 0.545. The summed E-state index contributed by atoms with van der Waals surface area (Å²) in [6.07, 6.45) is 0.156. The molecule has 3 aromatic carbocycles. The first-order valence-corrected chi connectivity index (χ1v) is 8.64. The molecule has 3 rings (SSSR count). The third kappa shape index (κ3) is 5.12. The first kappa shape index (κ1) is 17.6. The number of fused-ring (bicyclic) bond motifs is 1. The van der Waals surface area contributed by atoms with Crippen molar-refractivity contribution in [3.63, 3.8) is 0 Å². The summed E-state index contributed by atoms with van der Waals surface area (Å²) in [5.41, 5.74) is 3.20. The molecule has 0 radical (unpaired) electrons. The summed E-state index contributed by atoms with van der Waals surface area (Å²) in [7, 11) is 0. The lowest BCUT2D eigenvalue weighted by Gasteiger charge is -2.05. The number of hydrogen-bond donors (Lipinski definition) is 1. The average Bonchev–Trinajstić information content (AvgIpc) is 2.67. The van der Waals surface area contributed by atoms with Gasteiger partial charge in [0.15, 0.2) is 0 Å². The van der Waals surface area contributed by atoms with Gasteiger partial charge >= 0.3 is 6.09 Å². The SMILES string of the molecule is Cc1ccc2cc(C#CCCNC(=O)OCc3ccccc3)ccc2c1. The molecule has 0 unspecified atom stereocenters. The lowest BCUT2D eigenvalue weighted by atomic mass is 10.0. The van der Waals surface area contributed by atoms with Crippen LogP contribution in [0.5, 0.6) is 0 Å². The van der Waals surface area contributed by atoms with Gasteiger partial charge in [0, 0.05) is 18.5 Å². The van der Waals surface area contributed by atoms with Gasteiger partial charge in [-0.2, -0.15) is 0 Å². The van der Waals surface area contributed by atoms with Crippen molar-refractivity contribution in [3.8, 4) is 11.8 Å². The van der Waals surface area contributed by atoms with Gasteiger partial charge in [-0.1, -0.05) is 72.0 Å².